The summed E-state index contributed by atoms with van der Waals surface area (Å²) in [6.07, 6.45) is 0.469. The Balaban J connectivity index is 2.51. The summed E-state index contributed by atoms with van der Waals surface area (Å²) in [6, 6.07) is 7.28. The van der Waals surface area contributed by atoms with Crippen molar-refractivity contribution in [1.29, 1.82) is 0 Å². The second-order valence-corrected chi connectivity index (χ2v) is 2.52. The lowest BCUT2D eigenvalue weighted by atomic mass is 10.2. The lowest BCUT2D eigenvalue weighted by Crippen LogP contribution is -2.11. The fourth-order valence-electron chi connectivity index (χ4n) is 0.769. The number of nitrogens with one attached hydrogen (secondary N) is 1. The Labute approximate surface area is 75.2 Å². The molecule has 0 fully saturated rings. The van der Waals surface area contributed by atoms with Crippen molar-refractivity contribution in [3.8, 4) is 0 Å². The standard InChI is InChI=1S/C8H8ClNO2/c9-8-4-2-1-3-7(8)5-12-10-6-11/h1-4,6H,5H2,(H,10,11). The summed E-state index contributed by atoms with van der Waals surface area (Å²) in [6.45, 7) is 0.276. The molecule has 1 aromatic carbocycles. The highest BCUT2D eigenvalue weighted by atomic mass is 35.5. The molecule has 0 aliphatic carbocycles. The molecule has 0 bridgehead atoms. The number of hydroxylamine groups is 1. The van der Waals surface area contributed by atoms with Gasteiger partial charge in [-0.05, 0) is 11.6 Å². The highest BCUT2D eigenvalue weighted by Gasteiger charge is 1.97. The molecule has 3 nitrogen and oxygen atoms in total. The first-order valence-corrected chi connectivity index (χ1v) is 3.77. The lowest BCUT2D eigenvalue weighted by Gasteiger charge is -2.02. The molecule has 0 heterocycles. The first-order valence-electron chi connectivity index (χ1n) is 3.39. The van der Waals surface area contributed by atoms with Gasteiger partial charge in [0.25, 0.3) is 0 Å². The molecule has 0 aromatic heterocycles. The van der Waals surface area contributed by atoms with Gasteiger partial charge in [0.15, 0.2) is 0 Å². The number of hydrogen-bond donors (Lipinski definition) is 1. The Bertz CT molecular complexity index is 265. The van der Waals surface area contributed by atoms with Gasteiger partial charge in [0.05, 0.1) is 0 Å². The number of carbonyl (C=O) groups excluding carboxylic acids is 1. The maximum atomic E-state index is 9.81. The Hall–Kier alpha value is -1.06. The van der Waals surface area contributed by atoms with Gasteiger partial charge in [-0.1, -0.05) is 29.8 Å². The summed E-state index contributed by atoms with van der Waals surface area (Å²) in [7, 11) is 0. The summed E-state index contributed by atoms with van der Waals surface area (Å²) < 4.78 is 0. The van der Waals surface area contributed by atoms with Crippen LogP contribution in [0.25, 0.3) is 0 Å². The van der Waals surface area contributed by atoms with E-state index in [1.807, 2.05) is 18.2 Å². The number of rotatable bonds is 4. The van der Waals surface area contributed by atoms with Crippen LogP contribution in [0, 0.1) is 0 Å². The SMILES string of the molecule is O=CNOCc1ccccc1Cl. The van der Waals surface area contributed by atoms with Crippen molar-refractivity contribution in [2.24, 2.45) is 0 Å². The minimum atomic E-state index is 0.276. The van der Waals surface area contributed by atoms with Crippen molar-refractivity contribution in [1.82, 2.24) is 5.48 Å². The molecule has 1 rings (SSSR count). The highest BCUT2D eigenvalue weighted by molar-refractivity contribution is 6.31. The normalized spacial score (nSPS) is 9.42. The quantitative estimate of drug-likeness (QED) is 0.439. The predicted octanol–water partition coefficient (Wildman–Crippen LogP) is 1.52. The Morgan fingerprint density at radius 2 is 2.25 bits per heavy atom. The fourth-order valence-corrected chi connectivity index (χ4v) is 0.959. The van der Waals surface area contributed by atoms with Gasteiger partial charge in [-0.3, -0.25) is 9.63 Å². The second kappa shape index (κ2) is 4.74. The van der Waals surface area contributed by atoms with E-state index in [1.165, 1.54) is 0 Å². The van der Waals surface area contributed by atoms with E-state index < -0.39 is 0 Å². The van der Waals surface area contributed by atoms with Crippen LogP contribution in [-0.2, 0) is 16.2 Å². The van der Waals surface area contributed by atoms with Crippen molar-refractivity contribution in [2.45, 2.75) is 6.61 Å². The molecule has 0 saturated heterocycles. The van der Waals surface area contributed by atoms with Gasteiger partial charge in [0.2, 0.25) is 6.41 Å². The molecule has 0 saturated carbocycles. The van der Waals surface area contributed by atoms with Crippen LogP contribution in [-0.4, -0.2) is 6.41 Å². The van der Waals surface area contributed by atoms with Gasteiger partial charge in [-0.25, -0.2) is 5.48 Å². The molecule has 1 N–H and O–H groups in total. The van der Waals surface area contributed by atoms with Gasteiger partial charge in [0, 0.05) is 5.02 Å². The van der Waals surface area contributed by atoms with E-state index in [0.717, 1.165) is 5.56 Å². The van der Waals surface area contributed by atoms with E-state index in [9.17, 15) is 4.79 Å². The van der Waals surface area contributed by atoms with Crippen molar-refractivity contribution < 1.29 is 9.63 Å². The van der Waals surface area contributed by atoms with Crippen molar-refractivity contribution in [2.75, 3.05) is 0 Å². The molecular formula is C8H8ClNO2. The van der Waals surface area contributed by atoms with Crippen LogP contribution in [0.3, 0.4) is 0 Å². The van der Waals surface area contributed by atoms with Crippen LogP contribution in [0.2, 0.25) is 5.02 Å². The van der Waals surface area contributed by atoms with Gasteiger partial charge in [-0.15, -0.1) is 0 Å². The van der Waals surface area contributed by atoms with Crippen molar-refractivity contribution >= 4 is 18.0 Å². The Morgan fingerprint density at radius 3 is 2.92 bits per heavy atom. The zero-order valence-electron chi connectivity index (χ0n) is 6.29. The zero-order chi connectivity index (χ0) is 8.81. The number of hydrogen-bond acceptors (Lipinski definition) is 2. The van der Waals surface area contributed by atoms with E-state index in [-0.39, 0.29) is 6.61 Å². The summed E-state index contributed by atoms with van der Waals surface area (Å²) >= 11 is 5.81. The third-order valence-electron chi connectivity index (χ3n) is 1.32. The number of halogens is 1. The monoisotopic (exact) mass is 185 g/mol. The fraction of sp³-hybridized carbons (Fsp3) is 0.125. The third-order valence-corrected chi connectivity index (χ3v) is 1.69. The summed E-state index contributed by atoms with van der Waals surface area (Å²) in [5, 5.41) is 0.630. The topological polar surface area (TPSA) is 38.3 Å². The molecule has 0 aliphatic heterocycles. The lowest BCUT2D eigenvalue weighted by molar-refractivity contribution is -0.121. The van der Waals surface area contributed by atoms with Gasteiger partial charge in [-0.2, -0.15) is 0 Å². The van der Waals surface area contributed by atoms with Crippen LogP contribution < -0.4 is 5.48 Å². The molecule has 4 heteroatoms. The first kappa shape index (κ1) is 9.03. The zero-order valence-corrected chi connectivity index (χ0v) is 7.04. The Morgan fingerprint density at radius 1 is 1.50 bits per heavy atom. The molecule has 64 valence electrons. The van der Waals surface area contributed by atoms with E-state index in [4.69, 9.17) is 16.4 Å². The predicted molar refractivity (Wildman–Crippen MR) is 45.4 cm³/mol. The average molecular weight is 186 g/mol. The maximum Gasteiger partial charge on any atom is 0.230 e. The van der Waals surface area contributed by atoms with Gasteiger partial charge < -0.3 is 0 Å². The number of carbonyl (C=O) groups is 1. The van der Waals surface area contributed by atoms with E-state index in [1.54, 1.807) is 6.07 Å². The average Bonchev–Trinajstić information content (AvgIpc) is 2.09. The van der Waals surface area contributed by atoms with Gasteiger partial charge >= 0.3 is 0 Å². The third kappa shape index (κ3) is 2.53. The number of benzene rings is 1. The molecule has 0 aliphatic rings. The minimum Gasteiger partial charge on any atom is -0.277 e. The molecule has 0 spiro atoms. The summed E-state index contributed by atoms with van der Waals surface area (Å²) in [5.41, 5.74) is 2.93. The molecule has 0 atom stereocenters. The largest absolute Gasteiger partial charge is 0.277 e. The van der Waals surface area contributed by atoms with Crippen LogP contribution in [0.4, 0.5) is 0 Å². The molecule has 1 amide bonds. The number of amides is 1. The summed E-state index contributed by atoms with van der Waals surface area (Å²) in [5.74, 6) is 0. The van der Waals surface area contributed by atoms with Crippen molar-refractivity contribution in [3.05, 3.63) is 34.9 Å². The van der Waals surface area contributed by atoms with Crippen molar-refractivity contribution in [3.63, 3.8) is 0 Å². The van der Waals surface area contributed by atoms with E-state index in [0.29, 0.717) is 11.4 Å². The second-order valence-electron chi connectivity index (χ2n) is 2.12. The van der Waals surface area contributed by atoms with Gasteiger partial charge in [0.1, 0.15) is 6.61 Å². The first-order chi connectivity index (χ1) is 5.84. The molecular weight excluding hydrogens is 178 g/mol. The molecule has 0 unspecified atom stereocenters. The van der Waals surface area contributed by atoms with E-state index >= 15 is 0 Å². The van der Waals surface area contributed by atoms with Crippen LogP contribution >= 0.6 is 11.6 Å². The summed E-state index contributed by atoms with van der Waals surface area (Å²) in [4.78, 5) is 14.6. The molecule has 12 heavy (non-hydrogen) atoms. The highest BCUT2D eigenvalue weighted by Crippen LogP contribution is 2.14. The molecule has 0 radical (unpaired) electrons. The van der Waals surface area contributed by atoms with Crippen LogP contribution in [0.15, 0.2) is 24.3 Å². The smallest absolute Gasteiger partial charge is 0.230 e. The molecule has 1 aromatic rings. The minimum absolute atomic E-state index is 0.276. The Kier molecular flexibility index (Phi) is 3.57. The van der Waals surface area contributed by atoms with Crippen LogP contribution in [0.1, 0.15) is 5.56 Å². The maximum absolute atomic E-state index is 9.81. The van der Waals surface area contributed by atoms with Crippen LogP contribution in [0.5, 0.6) is 0 Å². The van der Waals surface area contributed by atoms with E-state index in [2.05, 4.69) is 5.48 Å².